The molecule has 2 aromatic rings. The Balaban J connectivity index is 1.56. The van der Waals surface area contributed by atoms with Crippen molar-refractivity contribution in [1.82, 2.24) is 10.3 Å². The van der Waals surface area contributed by atoms with E-state index in [2.05, 4.69) is 39.2 Å². The van der Waals surface area contributed by atoms with E-state index in [1.165, 1.54) is 0 Å². The maximum absolute atomic E-state index is 13.4. The highest BCUT2D eigenvalue weighted by molar-refractivity contribution is 6.74. The van der Waals surface area contributed by atoms with E-state index in [4.69, 9.17) is 9.41 Å². The topological polar surface area (TPSA) is 68.3 Å². The monoisotopic (exact) mass is 424 g/mol. The first-order valence-corrected chi connectivity index (χ1v) is 13.8. The third kappa shape index (κ3) is 3.50. The van der Waals surface area contributed by atoms with Crippen LogP contribution < -0.4 is 5.32 Å². The minimum absolute atomic E-state index is 0.00134. The van der Waals surface area contributed by atoms with E-state index in [9.17, 15) is 9.59 Å². The molecule has 5 nitrogen and oxygen atoms in total. The molecule has 160 valence electrons. The SMILES string of the molecule is C[C@@H](O[Si](C)(C)C(C)(C)C)[C@H]1C(=O)N[C@H]1[C@@H]1CCc2nc3ccccc3cc2C1=O. The quantitative estimate of drug-likeness (QED) is 0.579. The number of hydrogen-bond acceptors (Lipinski definition) is 4. The van der Waals surface area contributed by atoms with E-state index in [0.29, 0.717) is 12.0 Å². The van der Waals surface area contributed by atoms with Gasteiger partial charge >= 0.3 is 0 Å². The predicted octanol–water partition coefficient (Wildman–Crippen LogP) is 4.50. The van der Waals surface area contributed by atoms with Crippen LogP contribution >= 0.6 is 0 Å². The number of para-hydroxylation sites is 1. The minimum Gasteiger partial charge on any atom is -0.413 e. The second kappa shape index (κ2) is 7.27. The first kappa shape index (κ1) is 21.2. The minimum atomic E-state index is -2.00. The van der Waals surface area contributed by atoms with E-state index >= 15 is 0 Å². The van der Waals surface area contributed by atoms with Gasteiger partial charge in [0.2, 0.25) is 5.91 Å². The molecule has 1 aliphatic heterocycles. The van der Waals surface area contributed by atoms with Crippen LogP contribution in [0.3, 0.4) is 0 Å². The van der Waals surface area contributed by atoms with E-state index in [0.717, 1.165) is 23.0 Å². The number of nitrogens with one attached hydrogen (secondary N) is 1. The zero-order chi connectivity index (χ0) is 21.8. The fraction of sp³-hybridized carbons (Fsp3) is 0.542. The average molecular weight is 425 g/mol. The van der Waals surface area contributed by atoms with E-state index in [-0.39, 0.29) is 40.7 Å². The standard InChI is InChI=1S/C24H32N2O3Si/c1-14(29-30(5,6)24(2,3)4)20-21(26-23(20)28)16-11-12-19-17(22(16)27)13-15-9-7-8-10-18(15)25-19/h7-10,13-14,16,20-21H,11-12H2,1-6H3,(H,26,28)/t14-,16+,20-,21+/m1/s1. The zero-order valence-corrected chi connectivity index (χ0v) is 19.8. The molecule has 4 atom stereocenters. The zero-order valence-electron chi connectivity index (χ0n) is 18.8. The number of rotatable bonds is 4. The lowest BCUT2D eigenvalue weighted by Gasteiger charge is -2.48. The summed E-state index contributed by atoms with van der Waals surface area (Å²) in [5.41, 5.74) is 2.51. The molecular weight excluding hydrogens is 392 g/mol. The first-order valence-electron chi connectivity index (χ1n) is 10.9. The second-order valence-electron chi connectivity index (χ2n) is 10.3. The smallest absolute Gasteiger partial charge is 0.228 e. The average Bonchev–Trinajstić information content (AvgIpc) is 2.64. The van der Waals surface area contributed by atoms with E-state index < -0.39 is 8.32 Å². The van der Waals surface area contributed by atoms with Gasteiger partial charge in [-0.05, 0) is 50.0 Å². The highest BCUT2D eigenvalue weighted by Crippen LogP contribution is 2.41. The molecule has 0 radical (unpaired) electrons. The Morgan fingerprint density at radius 1 is 1.20 bits per heavy atom. The Bertz CT molecular complexity index is 1010. The number of nitrogens with zero attached hydrogens (tertiary/aromatic N) is 1. The number of amides is 1. The lowest BCUT2D eigenvalue weighted by Crippen LogP contribution is -2.67. The van der Waals surface area contributed by atoms with Crippen LogP contribution in [0.2, 0.25) is 18.1 Å². The highest BCUT2D eigenvalue weighted by atomic mass is 28.4. The van der Waals surface area contributed by atoms with Crippen LogP contribution in [0.5, 0.6) is 0 Å². The van der Waals surface area contributed by atoms with E-state index in [1.807, 2.05) is 37.3 Å². The molecule has 30 heavy (non-hydrogen) atoms. The molecular formula is C24H32N2O3Si. The summed E-state index contributed by atoms with van der Waals surface area (Å²) in [5.74, 6) is -0.387. The molecule has 0 bridgehead atoms. The molecule has 1 N–H and O–H groups in total. The summed E-state index contributed by atoms with van der Waals surface area (Å²) < 4.78 is 6.51. The van der Waals surface area contributed by atoms with Crippen molar-refractivity contribution in [3.8, 4) is 0 Å². The predicted molar refractivity (Wildman–Crippen MR) is 121 cm³/mol. The molecule has 0 spiro atoms. The number of carbonyl (C=O) groups excluding carboxylic acids is 2. The van der Waals surface area contributed by atoms with Crippen molar-refractivity contribution in [2.75, 3.05) is 0 Å². The summed E-state index contributed by atoms with van der Waals surface area (Å²) >= 11 is 0. The number of hydrogen-bond donors (Lipinski definition) is 1. The van der Waals surface area contributed by atoms with Crippen molar-refractivity contribution in [2.24, 2.45) is 11.8 Å². The Morgan fingerprint density at radius 2 is 1.90 bits per heavy atom. The molecule has 1 saturated heterocycles. The maximum atomic E-state index is 13.4. The molecule has 0 unspecified atom stereocenters. The van der Waals surface area contributed by atoms with Gasteiger partial charge in [0, 0.05) is 16.9 Å². The van der Waals surface area contributed by atoms with Crippen LogP contribution in [0.4, 0.5) is 0 Å². The first-order chi connectivity index (χ1) is 14.0. The van der Waals surface area contributed by atoms with Crippen molar-refractivity contribution in [3.63, 3.8) is 0 Å². The lowest BCUT2D eigenvalue weighted by atomic mass is 9.71. The van der Waals surface area contributed by atoms with Crippen LogP contribution in [0.1, 0.15) is 50.2 Å². The summed E-state index contributed by atoms with van der Waals surface area (Å²) in [4.78, 5) is 30.6. The van der Waals surface area contributed by atoms with Gasteiger partial charge in [0.05, 0.1) is 29.3 Å². The van der Waals surface area contributed by atoms with Gasteiger partial charge in [0.1, 0.15) is 0 Å². The van der Waals surface area contributed by atoms with Gasteiger partial charge in [-0.3, -0.25) is 14.6 Å². The number of fused-ring (bicyclic) bond motifs is 2. The van der Waals surface area contributed by atoms with Crippen molar-refractivity contribution in [3.05, 3.63) is 41.6 Å². The Morgan fingerprint density at radius 3 is 2.57 bits per heavy atom. The fourth-order valence-electron chi connectivity index (χ4n) is 4.51. The Labute approximate surface area is 179 Å². The van der Waals surface area contributed by atoms with Gasteiger partial charge in [0.25, 0.3) is 0 Å². The number of ketones is 1. The van der Waals surface area contributed by atoms with Gasteiger partial charge in [-0.2, -0.15) is 0 Å². The molecule has 1 aromatic carbocycles. The maximum Gasteiger partial charge on any atom is 0.228 e. The molecule has 1 aliphatic carbocycles. The van der Waals surface area contributed by atoms with Crippen LogP contribution in [-0.4, -0.2) is 37.1 Å². The number of pyridine rings is 1. The third-order valence-electron chi connectivity index (χ3n) is 7.32. The lowest BCUT2D eigenvalue weighted by molar-refractivity contribution is -0.141. The molecule has 1 aromatic heterocycles. The Kier molecular flexibility index (Phi) is 5.14. The molecule has 1 fully saturated rings. The fourth-order valence-corrected chi connectivity index (χ4v) is 5.94. The Hall–Kier alpha value is -2.05. The van der Waals surface area contributed by atoms with E-state index in [1.54, 1.807) is 0 Å². The van der Waals surface area contributed by atoms with Gasteiger partial charge in [-0.25, -0.2) is 0 Å². The summed E-state index contributed by atoms with van der Waals surface area (Å²) in [7, 11) is -2.00. The molecule has 4 rings (SSSR count). The summed E-state index contributed by atoms with van der Waals surface area (Å²) in [6.07, 6.45) is 1.27. The normalized spacial score (nSPS) is 25.5. The number of aromatic nitrogens is 1. The number of benzene rings is 1. The van der Waals surface area contributed by atoms with Gasteiger partial charge in [-0.1, -0.05) is 39.0 Å². The highest BCUT2D eigenvalue weighted by Gasteiger charge is 2.52. The van der Waals surface area contributed by atoms with Crippen LogP contribution in [0.15, 0.2) is 30.3 Å². The van der Waals surface area contributed by atoms with Gasteiger partial charge in [0.15, 0.2) is 14.1 Å². The van der Waals surface area contributed by atoms with Crippen molar-refractivity contribution >= 4 is 30.9 Å². The molecule has 0 saturated carbocycles. The largest absolute Gasteiger partial charge is 0.413 e. The summed E-state index contributed by atoms with van der Waals surface area (Å²) in [5, 5.41) is 4.07. The molecule has 2 aliphatic rings. The summed E-state index contributed by atoms with van der Waals surface area (Å²) in [6.45, 7) is 13.0. The second-order valence-corrected chi connectivity index (χ2v) is 15.1. The number of Topliss-reactive ketones (excluding diaryl/α,β-unsaturated/α-hetero) is 1. The molecule has 1 amide bonds. The van der Waals surface area contributed by atoms with Crippen LogP contribution in [-0.2, 0) is 15.6 Å². The van der Waals surface area contributed by atoms with Gasteiger partial charge < -0.3 is 9.74 Å². The van der Waals surface area contributed by atoms with Crippen LogP contribution in [0.25, 0.3) is 10.9 Å². The van der Waals surface area contributed by atoms with Crippen molar-refractivity contribution in [2.45, 2.75) is 70.8 Å². The number of aryl methyl sites for hydroxylation is 1. The third-order valence-corrected chi connectivity index (χ3v) is 11.9. The number of carbonyl (C=O) groups is 2. The summed E-state index contributed by atoms with van der Waals surface area (Å²) in [6, 6.07) is 9.70. The van der Waals surface area contributed by atoms with Crippen LogP contribution in [0, 0.1) is 11.8 Å². The molecule has 6 heteroatoms. The number of β-lactam (4-membered cyclic amide) rings is 1. The van der Waals surface area contributed by atoms with Crippen molar-refractivity contribution < 1.29 is 14.0 Å². The van der Waals surface area contributed by atoms with Crippen molar-refractivity contribution in [1.29, 1.82) is 0 Å². The van der Waals surface area contributed by atoms with Gasteiger partial charge in [-0.15, -0.1) is 0 Å². The molecule has 2 heterocycles.